The second-order valence-electron chi connectivity index (χ2n) is 4.45. The van der Waals surface area contributed by atoms with E-state index in [0.717, 1.165) is 0 Å². The number of rotatable bonds is 1. The molecule has 2 heterocycles. The van der Waals surface area contributed by atoms with Crippen molar-refractivity contribution in [3.05, 3.63) is 18.3 Å². The lowest BCUT2D eigenvalue weighted by Gasteiger charge is -2.29. The molecule has 0 amide bonds. The van der Waals surface area contributed by atoms with Crippen LogP contribution in [0.3, 0.4) is 0 Å². The molecule has 1 fully saturated rings. The molecule has 0 bridgehead atoms. The predicted octanol–water partition coefficient (Wildman–Crippen LogP) is 1.76. The van der Waals surface area contributed by atoms with Gasteiger partial charge in [0.15, 0.2) is 11.4 Å². The number of anilines is 1. The van der Waals surface area contributed by atoms with Gasteiger partial charge in [-0.25, -0.2) is 0 Å². The molecule has 100 valence electrons. The third kappa shape index (κ3) is 2.55. The van der Waals surface area contributed by atoms with E-state index in [0.29, 0.717) is 12.4 Å². The van der Waals surface area contributed by atoms with Gasteiger partial charge in [0.05, 0.1) is 0 Å². The van der Waals surface area contributed by atoms with Gasteiger partial charge in [0, 0.05) is 25.7 Å². The summed E-state index contributed by atoms with van der Waals surface area (Å²) in [7, 11) is 0. The Morgan fingerprint density at radius 1 is 1.28 bits per heavy atom. The van der Waals surface area contributed by atoms with Crippen molar-refractivity contribution in [2.45, 2.75) is 31.0 Å². The number of aromatic nitrogens is 2. The predicted molar refractivity (Wildman–Crippen MR) is 59.1 cm³/mol. The Hall–Kier alpha value is -1.37. The Morgan fingerprint density at radius 3 is 2.67 bits per heavy atom. The quantitative estimate of drug-likeness (QED) is 0.837. The minimum absolute atomic E-state index is 0.120. The van der Waals surface area contributed by atoms with E-state index in [9.17, 15) is 18.3 Å². The fraction of sp³-hybridized carbons (Fsp3) is 0.636. The van der Waals surface area contributed by atoms with Crippen LogP contribution in [0.25, 0.3) is 0 Å². The van der Waals surface area contributed by atoms with Crippen LogP contribution in [0.4, 0.5) is 19.0 Å². The van der Waals surface area contributed by atoms with Crippen molar-refractivity contribution in [1.82, 2.24) is 10.2 Å². The van der Waals surface area contributed by atoms with Crippen LogP contribution in [-0.2, 0) is 0 Å². The van der Waals surface area contributed by atoms with Crippen LogP contribution in [-0.4, -0.2) is 40.2 Å². The third-order valence-electron chi connectivity index (χ3n) is 3.22. The molecule has 2 rings (SSSR count). The topological polar surface area (TPSA) is 49.2 Å². The lowest BCUT2D eigenvalue weighted by molar-refractivity contribution is -0.263. The van der Waals surface area contributed by atoms with Gasteiger partial charge in [-0.3, -0.25) is 0 Å². The fourth-order valence-corrected chi connectivity index (χ4v) is 2.09. The highest BCUT2D eigenvalue weighted by Gasteiger charge is 2.53. The van der Waals surface area contributed by atoms with E-state index >= 15 is 0 Å². The summed E-state index contributed by atoms with van der Waals surface area (Å²) in [4.78, 5) is 1.72. The van der Waals surface area contributed by atoms with Crippen molar-refractivity contribution in [2.75, 3.05) is 18.0 Å². The molecule has 1 aliphatic heterocycles. The Morgan fingerprint density at radius 2 is 2.06 bits per heavy atom. The zero-order chi connectivity index (χ0) is 13.2. The molecule has 1 atom stereocenters. The van der Waals surface area contributed by atoms with Crippen LogP contribution in [0, 0.1) is 0 Å². The molecule has 0 saturated carbocycles. The summed E-state index contributed by atoms with van der Waals surface area (Å²) >= 11 is 0. The van der Waals surface area contributed by atoms with E-state index in [1.807, 2.05) is 0 Å². The van der Waals surface area contributed by atoms with E-state index in [1.165, 1.54) is 6.20 Å². The maximum absolute atomic E-state index is 12.7. The van der Waals surface area contributed by atoms with Crippen LogP contribution in [0.1, 0.15) is 19.3 Å². The molecule has 1 unspecified atom stereocenters. The third-order valence-corrected chi connectivity index (χ3v) is 3.22. The molecular formula is C11H14F3N3O. The highest BCUT2D eigenvalue weighted by molar-refractivity contribution is 5.36. The monoisotopic (exact) mass is 261 g/mol. The Bertz CT molecular complexity index is 398. The van der Waals surface area contributed by atoms with Crippen molar-refractivity contribution in [1.29, 1.82) is 0 Å². The van der Waals surface area contributed by atoms with E-state index in [4.69, 9.17) is 0 Å². The number of hydrogen-bond donors (Lipinski definition) is 1. The molecule has 1 aromatic heterocycles. The first-order chi connectivity index (χ1) is 8.42. The van der Waals surface area contributed by atoms with Gasteiger partial charge in [-0.2, -0.15) is 18.3 Å². The summed E-state index contributed by atoms with van der Waals surface area (Å²) in [6.45, 7) is 0.561. The van der Waals surface area contributed by atoms with Gasteiger partial charge in [-0.05, 0) is 25.0 Å². The smallest absolute Gasteiger partial charge is 0.380 e. The molecule has 1 N–H and O–H groups in total. The number of alkyl halides is 3. The molecule has 18 heavy (non-hydrogen) atoms. The largest absolute Gasteiger partial charge is 0.417 e. The summed E-state index contributed by atoms with van der Waals surface area (Å²) in [6, 6.07) is 3.38. The summed E-state index contributed by atoms with van der Waals surface area (Å²) < 4.78 is 38.2. The second kappa shape index (κ2) is 4.72. The number of halogens is 3. The van der Waals surface area contributed by atoms with Crippen LogP contribution in [0.2, 0.25) is 0 Å². The van der Waals surface area contributed by atoms with E-state index in [-0.39, 0.29) is 25.8 Å². The minimum atomic E-state index is -4.58. The van der Waals surface area contributed by atoms with Crippen LogP contribution >= 0.6 is 0 Å². The van der Waals surface area contributed by atoms with Gasteiger partial charge in [-0.15, -0.1) is 5.10 Å². The second-order valence-corrected chi connectivity index (χ2v) is 4.45. The molecule has 7 heteroatoms. The van der Waals surface area contributed by atoms with Crippen LogP contribution in [0.5, 0.6) is 0 Å². The van der Waals surface area contributed by atoms with Crippen LogP contribution in [0.15, 0.2) is 18.3 Å². The minimum Gasteiger partial charge on any atom is -0.380 e. The normalized spacial score (nSPS) is 25.9. The highest BCUT2D eigenvalue weighted by atomic mass is 19.4. The van der Waals surface area contributed by atoms with Crippen molar-refractivity contribution in [2.24, 2.45) is 0 Å². The summed E-state index contributed by atoms with van der Waals surface area (Å²) in [6.07, 6.45) is -3.41. The summed E-state index contributed by atoms with van der Waals surface area (Å²) in [5, 5.41) is 17.2. The molecule has 4 nitrogen and oxygen atoms in total. The van der Waals surface area contributed by atoms with E-state index in [1.54, 1.807) is 17.0 Å². The Kier molecular flexibility index (Phi) is 3.43. The zero-order valence-electron chi connectivity index (χ0n) is 9.69. The number of hydrogen-bond acceptors (Lipinski definition) is 4. The Labute approximate surface area is 102 Å². The molecular weight excluding hydrogens is 247 g/mol. The molecule has 0 aliphatic carbocycles. The first kappa shape index (κ1) is 13.1. The lowest BCUT2D eigenvalue weighted by Crippen LogP contribution is -2.45. The van der Waals surface area contributed by atoms with Crippen molar-refractivity contribution >= 4 is 5.82 Å². The maximum Gasteiger partial charge on any atom is 0.417 e. The van der Waals surface area contributed by atoms with Gasteiger partial charge >= 0.3 is 6.18 Å². The van der Waals surface area contributed by atoms with Crippen molar-refractivity contribution in [3.8, 4) is 0 Å². The number of aliphatic hydroxyl groups is 1. The average Bonchev–Trinajstić information content (AvgIpc) is 2.53. The SMILES string of the molecule is OC1(C(F)(F)F)CCCN(c2cccnn2)CC1. The molecule has 1 saturated heterocycles. The molecule has 0 radical (unpaired) electrons. The van der Waals surface area contributed by atoms with Gasteiger partial charge in [-0.1, -0.05) is 0 Å². The Balaban J connectivity index is 2.10. The van der Waals surface area contributed by atoms with E-state index < -0.39 is 11.8 Å². The first-order valence-electron chi connectivity index (χ1n) is 5.74. The highest BCUT2D eigenvalue weighted by Crippen LogP contribution is 2.38. The summed E-state index contributed by atoms with van der Waals surface area (Å²) in [5.41, 5.74) is -2.58. The zero-order valence-corrected chi connectivity index (χ0v) is 9.69. The van der Waals surface area contributed by atoms with Gasteiger partial charge < -0.3 is 10.0 Å². The summed E-state index contributed by atoms with van der Waals surface area (Å²) in [5.74, 6) is 0.545. The van der Waals surface area contributed by atoms with Gasteiger partial charge in [0.25, 0.3) is 0 Å². The average molecular weight is 261 g/mol. The fourth-order valence-electron chi connectivity index (χ4n) is 2.09. The van der Waals surface area contributed by atoms with Crippen molar-refractivity contribution in [3.63, 3.8) is 0 Å². The standard InChI is InChI=1S/C11H14F3N3O/c12-11(13,14)10(18)4-2-7-17(8-5-10)9-3-1-6-15-16-9/h1,3,6,18H,2,4-5,7-8H2. The molecule has 0 spiro atoms. The molecule has 1 aromatic rings. The van der Waals surface area contributed by atoms with Gasteiger partial charge in [0.2, 0.25) is 0 Å². The first-order valence-corrected chi connectivity index (χ1v) is 5.74. The molecule has 0 aromatic carbocycles. The number of nitrogens with zero attached hydrogens (tertiary/aromatic N) is 3. The maximum atomic E-state index is 12.7. The van der Waals surface area contributed by atoms with Gasteiger partial charge in [0.1, 0.15) is 0 Å². The van der Waals surface area contributed by atoms with Crippen LogP contribution < -0.4 is 4.90 Å². The van der Waals surface area contributed by atoms with Crippen molar-refractivity contribution < 1.29 is 18.3 Å². The van der Waals surface area contributed by atoms with E-state index in [2.05, 4.69) is 10.2 Å². The molecule has 1 aliphatic rings. The lowest BCUT2D eigenvalue weighted by atomic mass is 9.94.